The highest BCUT2D eigenvalue weighted by Gasteiger charge is 2.53. The average molecular weight is 2270 g/mol. The Balaban J connectivity index is 0.000000114. The number of para-hydroxylation sites is 6. The Morgan fingerprint density at radius 2 is 0.331 bits per heavy atom. The molecule has 0 bridgehead atoms. The van der Waals surface area contributed by atoms with Gasteiger partial charge >= 0.3 is 14.2 Å². The van der Waals surface area contributed by atoms with E-state index in [0.717, 1.165) is 86.6 Å². The third-order valence-electron chi connectivity index (χ3n) is 31.1. The van der Waals surface area contributed by atoms with Crippen molar-refractivity contribution in [2.24, 2.45) is 0 Å². The number of hydrogen-bond donors (Lipinski definition) is 0. The summed E-state index contributed by atoms with van der Waals surface area (Å²) in [6, 6.07) is 163. The van der Waals surface area contributed by atoms with Crippen molar-refractivity contribution in [2.45, 2.75) is 77.8 Å². The third kappa shape index (κ3) is 16.3. The number of rotatable bonds is 13. The number of benzene rings is 20. The first-order valence-corrected chi connectivity index (χ1v) is 54.1. The molecule has 148 heavy (non-hydrogen) atoms. The van der Waals surface area contributed by atoms with E-state index < -0.39 is 36.6 Å². The molecule has 16 heteroatoms. The average Bonchev–Trinajstić information content (AvgIpc) is 1.51. The smallest absolute Gasteiger partial charge is 0.399 e. The molecule has 2 fully saturated rings. The van der Waals surface area contributed by atoms with Crippen LogP contribution in [0, 0.1) is 7.14 Å². The Morgan fingerprint density at radius 1 is 0.176 bits per heavy atom. The molecule has 0 spiro atoms. The van der Waals surface area contributed by atoms with E-state index in [-0.39, 0.29) is 0 Å². The van der Waals surface area contributed by atoms with E-state index >= 15 is 0 Å². The maximum Gasteiger partial charge on any atom is 0.494 e. The molecule has 10 nitrogen and oxygen atoms in total. The number of fused-ring (bicyclic) bond motifs is 18. The fraction of sp³-hybridized carbons (Fsp3) is 0.0909. The zero-order valence-corrected chi connectivity index (χ0v) is 90.2. The highest BCUT2D eigenvalue weighted by molar-refractivity contribution is 14.1. The van der Waals surface area contributed by atoms with Gasteiger partial charge in [-0.25, -0.2) is 0 Å². The molecule has 0 atom stereocenters. The van der Waals surface area contributed by atoms with E-state index in [4.69, 9.17) is 18.6 Å². The SMILES string of the molecule is Brc1ccc(-c2ccc3c(c2)c2cc(-c4ccc5c(c4)c4cc(-c6ccc(Br)cc6)ccc4n5-c4ccccc4)ccc2n3-c2ccccc2)cc1.CC1(C)OB(c2ccc3c(c2)c2cc(-c4ccc5c(c4)c4cc(B6OC(C)(C)C(C)(C)O6)ccc4n5-c4ccccc4)ccc2n3-c2ccccc2)OC1(C)C.Ic1ccc2c(c1)c1cc(-c3ccc4c(c3)c3cc(I)ccc3n4-c3ccccc3)ccc1n2-c1ccccc1. The second-order valence-corrected chi connectivity index (χ2v) is 45.3. The minimum atomic E-state index is -0.450. The first-order valence-electron chi connectivity index (χ1n) is 50.3. The van der Waals surface area contributed by atoms with Crippen molar-refractivity contribution in [1.29, 1.82) is 0 Å². The van der Waals surface area contributed by atoms with Crippen LogP contribution in [0.25, 0.3) is 221 Å². The van der Waals surface area contributed by atoms with Crippen LogP contribution in [0.1, 0.15) is 55.4 Å². The fourth-order valence-corrected chi connectivity index (χ4v) is 23.7. The monoisotopic (exact) mass is 2260 g/mol. The Kier molecular flexibility index (Phi) is 23.3. The van der Waals surface area contributed by atoms with Gasteiger partial charge in [0.1, 0.15) is 0 Å². The Bertz CT molecular complexity index is 9200. The first-order chi connectivity index (χ1) is 72.0. The van der Waals surface area contributed by atoms with Crippen LogP contribution in [-0.2, 0) is 18.6 Å². The van der Waals surface area contributed by atoms with Crippen molar-refractivity contribution in [3.63, 3.8) is 0 Å². The van der Waals surface area contributed by atoms with Crippen LogP contribution < -0.4 is 10.9 Å². The maximum atomic E-state index is 6.52. The lowest BCUT2D eigenvalue weighted by Crippen LogP contribution is -2.41. The van der Waals surface area contributed by atoms with E-state index in [9.17, 15) is 0 Å². The summed E-state index contributed by atoms with van der Waals surface area (Å²) in [6.07, 6.45) is 0. The Labute approximate surface area is 903 Å². The molecule has 0 saturated carbocycles. The van der Waals surface area contributed by atoms with Crippen LogP contribution >= 0.6 is 77.0 Å². The van der Waals surface area contributed by atoms with Gasteiger partial charge in [-0.2, -0.15) is 0 Å². The molecule has 0 N–H and O–H groups in total. The lowest BCUT2D eigenvalue weighted by Gasteiger charge is -2.32. The van der Waals surface area contributed by atoms with Crippen molar-refractivity contribution in [3.8, 4) is 89.8 Å². The normalized spacial score (nSPS) is 14.3. The Hall–Kier alpha value is -14.4. The summed E-state index contributed by atoms with van der Waals surface area (Å²) >= 11 is 12.0. The second kappa shape index (κ2) is 36.9. The van der Waals surface area contributed by atoms with E-state index in [1.807, 2.05) is 0 Å². The van der Waals surface area contributed by atoms with E-state index in [0.29, 0.717) is 0 Å². The van der Waals surface area contributed by atoms with Gasteiger partial charge < -0.3 is 46.0 Å². The lowest BCUT2D eigenvalue weighted by atomic mass is 9.78. The van der Waals surface area contributed by atoms with Gasteiger partial charge in [0.15, 0.2) is 0 Å². The molecule has 714 valence electrons. The number of hydrogen-bond acceptors (Lipinski definition) is 4. The van der Waals surface area contributed by atoms with Crippen LogP contribution in [0.15, 0.2) is 458 Å². The lowest BCUT2D eigenvalue weighted by molar-refractivity contribution is 0.00578. The van der Waals surface area contributed by atoms with Crippen LogP contribution in [0.3, 0.4) is 0 Å². The molecular formula is C132H98B2Br2I2N6O4. The van der Waals surface area contributed by atoms with Crippen molar-refractivity contribution in [1.82, 2.24) is 27.4 Å². The van der Waals surface area contributed by atoms with Crippen molar-refractivity contribution in [3.05, 3.63) is 465 Å². The van der Waals surface area contributed by atoms with Gasteiger partial charge in [-0.05, 0) is 410 Å². The molecule has 2 aliphatic rings. The topological polar surface area (TPSA) is 66.5 Å². The fourth-order valence-electron chi connectivity index (χ4n) is 22.2. The zero-order valence-electron chi connectivity index (χ0n) is 82.7. The summed E-state index contributed by atoms with van der Waals surface area (Å²) in [5.41, 5.74) is 33.5. The molecule has 0 unspecified atom stereocenters. The van der Waals surface area contributed by atoms with Gasteiger partial charge in [0.05, 0.1) is 88.6 Å². The van der Waals surface area contributed by atoms with E-state index in [1.54, 1.807) is 0 Å². The summed E-state index contributed by atoms with van der Waals surface area (Å²) in [5.74, 6) is 0. The van der Waals surface area contributed by atoms with Crippen molar-refractivity contribution < 1.29 is 18.6 Å². The summed E-state index contributed by atoms with van der Waals surface area (Å²) < 4.78 is 45.0. The highest BCUT2D eigenvalue weighted by Crippen LogP contribution is 2.48. The molecule has 0 amide bonds. The number of nitrogens with zero attached hydrogens (tertiary/aromatic N) is 6. The van der Waals surface area contributed by atoms with Crippen LogP contribution in [0.4, 0.5) is 0 Å². The first kappa shape index (κ1) is 93.4. The molecular weight excluding hydrogens is 2170 g/mol. The molecule has 20 aromatic carbocycles. The molecule has 26 aromatic rings. The van der Waals surface area contributed by atoms with E-state index in [2.05, 4.69) is 609 Å². The van der Waals surface area contributed by atoms with Crippen molar-refractivity contribution >= 4 is 233 Å². The standard InChI is InChI=1S/C48H46B2N2O4.C48H30Br2N2.C36H22I2N2/c1-45(2)46(3,4)54-49(53-45)33-21-25-43-39(29-33)37-27-31(19-23-41(37)51(43)35-15-11-9-12-16-35)32-20-24-42-38(28-32)40-30-34(50-55-47(5,6)48(7,8)56-50)22-26-44(40)52(42)36-17-13-10-14-18-36;49-37-19-11-31(12-20-37)33-15-23-45-41(27-33)43-29-35(17-25-47(43)51(45)39-7-3-1-4-8-39)36-18-26-48-44(30-36)42-28-34(32-13-21-38(50)22-14-32)16-24-46(42)52(48)40-9-5-2-6-10-40;37-25-13-17-35-31(21-25)29-19-23(11-15-33(29)39(35)27-7-3-1-4-8-27)24-12-16-34-30(20-24)32-22-26(38)14-18-36(32)40(34)28-9-5-2-6-10-28/h9-30H,1-8H3;1-30H;1-22H. The Morgan fingerprint density at radius 3 is 0.527 bits per heavy atom. The van der Waals surface area contributed by atoms with Gasteiger partial charge in [-0.1, -0.05) is 238 Å². The number of aromatic nitrogens is 6. The minimum absolute atomic E-state index is 0.425. The molecule has 8 heterocycles. The third-order valence-corrected chi connectivity index (χ3v) is 33.5. The summed E-state index contributed by atoms with van der Waals surface area (Å²) in [6.45, 7) is 16.8. The van der Waals surface area contributed by atoms with Gasteiger partial charge in [0, 0.05) is 115 Å². The van der Waals surface area contributed by atoms with Gasteiger partial charge in [0.2, 0.25) is 0 Å². The van der Waals surface area contributed by atoms with Gasteiger partial charge in [0.25, 0.3) is 0 Å². The largest absolute Gasteiger partial charge is 0.494 e. The van der Waals surface area contributed by atoms with Crippen LogP contribution in [0.2, 0.25) is 0 Å². The zero-order chi connectivity index (χ0) is 100. The summed E-state index contributed by atoms with van der Waals surface area (Å²) in [4.78, 5) is 0. The summed E-state index contributed by atoms with van der Waals surface area (Å²) in [7, 11) is -0.900. The quantitative estimate of drug-likeness (QED) is 0.0852. The molecule has 2 saturated heterocycles. The molecule has 2 aliphatic heterocycles. The second-order valence-electron chi connectivity index (χ2n) is 40.9. The van der Waals surface area contributed by atoms with Crippen molar-refractivity contribution in [2.75, 3.05) is 0 Å². The number of halogens is 4. The molecule has 6 aromatic heterocycles. The van der Waals surface area contributed by atoms with E-state index in [1.165, 1.54) is 161 Å². The molecule has 28 rings (SSSR count). The predicted molar refractivity (Wildman–Crippen MR) is 645 cm³/mol. The highest BCUT2D eigenvalue weighted by atomic mass is 127. The predicted octanol–water partition coefficient (Wildman–Crippen LogP) is 35.3. The molecule has 0 radical (unpaired) electrons. The molecule has 0 aliphatic carbocycles. The minimum Gasteiger partial charge on any atom is -0.399 e. The van der Waals surface area contributed by atoms with Crippen LogP contribution in [0.5, 0.6) is 0 Å². The summed E-state index contributed by atoms with van der Waals surface area (Å²) in [5, 5.41) is 14.7. The maximum absolute atomic E-state index is 6.52. The van der Waals surface area contributed by atoms with Gasteiger partial charge in [-0.3, -0.25) is 0 Å². The van der Waals surface area contributed by atoms with Gasteiger partial charge in [-0.15, -0.1) is 0 Å². The van der Waals surface area contributed by atoms with Crippen LogP contribution in [-0.4, -0.2) is 64.0 Å².